The number of rotatable bonds is 5. The predicted octanol–water partition coefficient (Wildman–Crippen LogP) is 4.50. The topological polar surface area (TPSA) is 52.5 Å². The number of hydrogen-bond acceptors (Lipinski definition) is 3. The third-order valence-corrected chi connectivity index (χ3v) is 4.40. The van der Waals surface area contributed by atoms with E-state index >= 15 is 0 Å². The molecule has 3 rings (SSSR count). The van der Waals surface area contributed by atoms with Crippen molar-refractivity contribution in [2.45, 2.75) is 13.8 Å². The lowest BCUT2D eigenvalue weighted by atomic mass is 10.2. The molecule has 0 unspecified atom stereocenters. The van der Waals surface area contributed by atoms with Crippen LogP contribution in [-0.4, -0.2) is 24.7 Å². The van der Waals surface area contributed by atoms with Crippen LogP contribution >= 0.6 is 0 Å². The molecule has 0 aliphatic carbocycles. The molecule has 6 heteroatoms. The molecule has 1 amide bonds. The van der Waals surface area contributed by atoms with Crippen molar-refractivity contribution in [1.29, 1.82) is 0 Å². The van der Waals surface area contributed by atoms with E-state index in [0.717, 1.165) is 17.1 Å². The maximum Gasteiger partial charge on any atom is 0.257 e. The summed E-state index contributed by atoms with van der Waals surface area (Å²) in [5.74, 6) is 0.591. The highest BCUT2D eigenvalue weighted by molar-refractivity contribution is 6.05. The van der Waals surface area contributed by atoms with Gasteiger partial charge in [-0.25, -0.2) is 4.39 Å². The third kappa shape index (κ3) is 3.65. The Morgan fingerprint density at radius 1 is 0.963 bits per heavy atom. The molecule has 140 valence electrons. The van der Waals surface area contributed by atoms with Gasteiger partial charge in [0.15, 0.2) is 11.5 Å². The summed E-state index contributed by atoms with van der Waals surface area (Å²) in [6, 6.07) is 13.2. The van der Waals surface area contributed by atoms with E-state index in [1.54, 1.807) is 44.6 Å². The molecule has 0 bridgehead atoms. The summed E-state index contributed by atoms with van der Waals surface area (Å²) in [6.45, 7) is 3.77. The molecule has 27 heavy (non-hydrogen) atoms. The fourth-order valence-corrected chi connectivity index (χ4v) is 3.09. The van der Waals surface area contributed by atoms with Gasteiger partial charge in [-0.15, -0.1) is 0 Å². The third-order valence-electron chi connectivity index (χ3n) is 4.40. The Bertz CT molecular complexity index is 978. The summed E-state index contributed by atoms with van der Waals surface area (Å²) in [5, 5.41) is 2.88. The van der Waals surface area contributed by atoms with Gasteiger partial charge in [-0.2, -0.15) is 0 Å². The van der Waals surface area contributed by atoms with Crippen LogP contribution in [-0.2, 0) is 0 Å². The van der Waals surface area contributed by atoms with Crippen molar-refractivity contribution in [1.82, 2.24) is 4.57 Å². The smallest absolute Gasteiger partial charge is 0.257 e. The van der Waals surface area contributed by atoms with E-state index in [1.807, 2.05) is 24.5 Å². The minimum atomic E-state index is -0.298. The van der Waals surface area contributed by atoms with Crippen molar-refractivity contribution in [2.75, 3.05) is 19.5 Å². The Balaban J connectivity index is 1.90. The molecule has 2 aromatic carbocycles. The SMILES string of the molecule is COc1ccc(NC(=O)c2cc(C)n(-c3ccc(F)cc3)c2C)cc1OC. The number of aryl methyl sites for hydroxylation is 1. The van der Waals surface area contributed by atoms with Crippen LogP contribution in [0.25, 0.3) is 5.69 Å². The number of halogens is 1. The predicted molar refractivity (Wildman–Crippen MR) is 103 cm³/mol. The number of amides is 1. The van der Waals surface area contributed by atoms with E-state index in [-0.39, 0.29) is 11.7 Å². The van der Waals surface area contributed by atoms with Gasteiger partial charge in [-0.1, -0.05) is 0 Å². The molecule has 0 fully saturated rings. The number of carbonyl (C=O) groups is 1. The lowest BCUT2D eigenvalue weighted by molar-refractivity contribution is 0.102. The average Bonchev–Trinajstić information content (AvgIpc) is 2.97. The van der Waals surface area contributed by atoms with Gasteiger partial charge in [-0.05, 0) is 56.3 Å². The Labute approximate surface area is 157 Å². The molecule has 1 heterocycles. The summed E-state index contributed by atoms with van der Waals surface area (Å²) >= 11 is 0. The quantitative estimate of drug-likeness (QED) is 0.721. The highest BCUT2D eigenvalue weighted by atomic mass is 19.1. The normalized spacial score (nSPS) is 10.6. The van der Waals surface area contributed by atoms with Crippen LogP contribution in [0.1, 0.15) is 21.7 Å². The van der Waals surface area contributed by atoms with E-state index in [9.17, 15) is 9.18 Å². The summed E-state index contributed by atoms with van der Waals surface area (Å²) in [6.07, 6.45) is 0. The number of benzene rings is 2. The number of hydrogen-bond donors (Lipinski definition) is 1. The number of ether oxygens (including phenoxy) is 2. The van der Waals surface area contributed by atoms with Gasteiger partial charge in [0.25, 0.3) is 5.91 Å². The van der Waals surface area contributed by atoms with E-state index in [0.29, 0.717) is 22.7 Å². The van der Waals surface area contributed by atoms with Gasteiger partial charge < -0.3 is 19.4 Å². The molecule has 0 spiro atoms. The van der Waals surface area contributed by atoms with Crippen molar-refractivity contribution < 1.29 is 18.7 Å². The first-order valence-electron chi connectivity index (χ1n) is 8.43. The van der Waals surface area contributed by atoms with Crippen LogP contribution in [0.3, 0.4) is 0 Å². The largest absolute Gasteiger partial charge is 0.493 e. The summed E-state index contributed by atoms with van der Waals surface area (Å²) < 4.78 is 25.6. The van der Waals surface area contributed by atoms with E-state index < -0.39 is 0 Å². The minimum Gasteiger partial charge on any atom is -0.493 e. The van der Waals surface area contributed by atoms with Crippen molar-refractivity contribution in [3.05, 3.63) is 71.3 Å². The Hall–Kier alpha value is -3.28. The molecule has 0 aliphatic rings. The van der Waals surface area contributed by atoms with E-state index in [2.05, 4.69) is 5.32 Å². The molecular weight excluding hydrogens is 347 g/mol. The van der Waals surface area contributed by atoms with Crippen LogP contribution in [0.5, 0.6) is 11.5 Å². The van der Waals surface area contributed by atoms with Crippen molar-refractivity contribution in [2.24, 2.45) is 0 Å². The zero-order valence-electron chi connectivity index (χ0n) is 15.7. The molecule has 1 N–H and O–H groups in total. The van der Waals surface area contributed by atoms with Crippen LogP contribution < -0.4 is 14.8 Å². The highest BCUT2D eigenvalue weighted by Crippen LogP contribution is 2.30. The lowest BCUT2D eigenvalue weighted by Crippen LogP contribution is -2.13. The number of anilines is 1. The maximum atomic E-state index is 13.2. The number of nitrogens with one attached hydrogen (secondary N) is 1. The van der Waals surface area contributed by atoms with Crippen LogP contribution in [0.2, 0.25) is 0 Å². The van der Waals surface area contributed by atoms with Crippen molar-refractivity contribution in [3.63, 3.8) is 0 Å². The zero-order chi connectivity index (χ0) is 19.6. The molecule has 5 nitrogen and oxygen atoms in total. The fourth-order valence-electron chi connectivity index (χ4n) is 3.09. The second kappa shape index (κ2) is 7.53. The molecule has 0 radical (unpaired) electrons. The first-order chi connectivity index (χ1) is 12.9. The first-order valence-corrected chi connectivity index (χ1v) is 8.43. The molecule has 3 aromatic rings. The summed E-state index contributed by atoms with van der Waals surface area (Å²) in [5.41, 5.74) is 3.61. The summed E-state index contributed by atoms with van der Waals surface area (Å²) in [4.78, 5) is 12.8. The first kappa shape index (κ1) is 18.5. The number of methoxy groups -OCH3 is 2. The van der Waals surface area contributed by atoms with Gasteiger partial charge >= 0.3 is 0 Å². The average molecular weight is 368 g/mol. The minimum absolute atomic E-state index is 0.233. The number of nitrogens with zero attached hydrogens (tertiary/aromatic N) is 1. The monoisotopic (exact) mass is 368 g/mol. The molecule has 1 aromatic heterocycles. The second-order valence-corrected chi connectivity index (χ2v) is 6.12. The molecule has 0 aliphatic heterocycles. The molecule has 0 saturated heterocycles. The zero-order valence-corrected chi connectivity index (χ0v) is 15.7. The van der Waals surface area contributed by atoms with E-state index in [1.165, 1.54) is 12.1 Å². The van der Waals surface area contributed by atoms with Gasteiger partial charge in [0.2, 0.25) is 0 Å². The highest BCUT2D eigenvalue weighted by Gasteiger charge is 2.17. The number of aromatic nitrogens is 1. The molecular formula is C21H21FN2O3. The Kier molecular flexibility index (Phi) is 5.16. The van der Waals surface area contributed by atoms with Gasteiger partial charge in [0.1, 0.15) is 5.82 Å². The second-order valence-electron chi connectivity index (χ2n) is 6.12. The maximum absolute atomic E-state index is 13.2. The van der Waals surface area contributed by atoms with E-state index in [4.69, 9.17) is 9.47 Å². The van der Waals surface area contributed by atoms with Gasteiger partial charge in [-0.3, -0.25) is 4.79 Å². The van der Waals surface area contributed by atoms with Crippen molar-refractivity contribution in [3.8, 4) is 17.2 Å². The fraction of sp³-hybridized carbons (Fsp3) is 0.190. The lowest BCUT2D eigenvalue weighted by Gasteiger charge is -2.11. The van der Waals surface area contributed by atoms with Crippen LogP contribution in [0.15, 0.2) is 48.5 Å². The van der Waals surface area contributed by atoms with Gasteiger partial charge in [0, 0.05) is 28.8 Å². The Morgan fingerprint density at radius 3 is 2.26 bits per heavy atom. The molecule has 0 atom stereocenters. The standard InChI is InChI=1S/C21H21FN2O3/c1-13-11-18(14(2)24(13)17-8-5-15(22)6-9-17)21(25)23-16-7-10-19(26-3)20(12-16)27-4/h5-12H,1-4H3,(H,23,25). The Morgan fingerprint density at radius 2 is 1.63 bits per heavy atom. The van der Waals surface area contributed by atoms with Crippen LogP contribution in [0.4, 0.5) is 10.1 Å². The van der Waals surface area contributed by atoms with Crippen LogP contribution in [0, 0.1) is 19.7 Å². The molecule has 0 saturated carbocycles. The van der Waals surface area contributed by atoms with Crippen molar-refractivity contribution >= 4 is 11.6 Å². The summed E-state index contributed by atoms with van der Waals surface area (Å²) in [7, 11) is 3.10. The number of carbonyl (C=O) groups excluding carboxylic acids is 1. The van der Waals surface area contributed by atoms with Gasteiger partial charge in [0.05, 0.1) is 19.8 Å².